The molecule has 1 N–H and O–H groups in total. The molecule has 1 unspecified atom stereocenters. The third-order valence-electron chi connectivity index (χ3n) is 7.22. The van der Waals surface area contributed by atoms with Crippen LogP contribution in [0.4, 0.5) is 5.69 Å². The predicted molar refractivity (Wildman–Crippen MR) is 156 cm³/mol. The average molecular weight is 549 g/mol. The first-order chi connectivity index (χ1) is 18.5. The van der Waals surface area contributed by atoms with Crippen LogP contribution in [0.5, 0.6) is 11.5 Å². The van der Waals surface area contributed by atoms with Crippen molar-refractivity contribution < 1.29 is 14.3 Å². The SMILES string of the molecule is COc1cc(/C=C2\SC(Nc3ccccc3)N([C@@H]3CCCC[C@H]3C)C2=O)ccc1OCc1ccc(Cl)cc1. The molecule has 3 aromatic rings. The number of halogens is 1. The molecule has 1 saturated carbocycles. The molecule has 1 aliphatic heterocycles. The largest absolute Gasteiger partial charge is 0.493 e. The van der Waals surface area contributed by atoms with E-state index in [4.69, 9.17) is 21.1 Å². The Balaban J connectivity index is 1.37. The van der Waals surface area contributed by atoms with Gasteiger partial charge in [-0.05, 0) is 72.4 Å². The van der Waals surface area contributed by atoms with Gasteiger partial charge in [0.2, 0.25) is 0 Å². The van der Waals surface area contributed by atoms with Crippen molar-refractivity contribution in [3.8, 4) is 11.5 Å². The van der Waals surface area contributed by atoms with Gasteiger partial charge in [-0.3, -0.25) is 4.79 Å². The van der Waals surface area contributed by atoms with E-state index in [1.807, 2.05) is 78.9 Å². The number of benzene rings is 3. The smallest absolute Gasteiger partial charge is 0.262 e. The number of thioether (sulfide) groups is 1. The van der Waals surface area contributed by atoms with Gasteiger partial charge in [0.1, 0.15) is 6.61 Å². The van der Waals surface area contributed by atoms with Crippen LogP contribution in [0.15, 0.2) is 77.7 Å². The second-order valence-electron chi connectivity index (χ2n) is 9.86. The average Bonchev–Trinajstić information content (AvgIpc) is 3.23. The first kappa shape index (κ1) is 26.5. The minimum atomic E-state index is -0.148. The summed E-state index contributed by atoms with van der Waals surface area (Å²) in [6.45, 7) is 2.68. The molecule has 0 bridgehead atoms. The van der Waals surface area contributed by atoms with Gasteiger partial charge in [-0.2, -0.15) is 0 Å². The van der Waals surface area contributed by atoms with E-state index in [0.29, 0.717) is 29.0 Å². The van der Waals surface area contributed by atoms with E-state index < -0.39 is 0 Å². The van der Waals surface area contributed by atoms with E-state index in [1.54, 1.807) is 18.9 Å². The van der Waals surface area contributed by atoms with Crippen molar-refractivity contribution in [1.29, 1.82) is 0 Å². The zero-order chi connectivity index (χ0) is 26.5. The monoisotopic (exact) mass is 548 g/mol. The summed E-state index contributed by atoms with van der Waals surface area (Å²) in [5.74, 6) is 1.84. The van der Waals surface area contributed by atoms with Crippen molar-refractivity contribution in [3.63, 3.8) is 0 Å². The van der Waals surface area contributed by atoms with Crippen molar-refractivity contribution >= 4 is 41.0 Å². The highest BCUT2D eigenvalue weighted by Crippen LogP contribution is 2.42. The van der Waals surface area contributed by atoms with Gasteiger partial charge in [0.05, 0.1) is 12.0 Å². The molecular formula is C31H33ClN2O3S. The maximum absolute atomic E-state index is 13.8. The van der Waals surface area contributed by atoms with Crippen molar-refractivity contribution in [2.45, 2.75) is 50.8 Å². The number of para-hydroxylation sites is 1. The van der Waals surface area contributed by atoms with E-state index in [0.717, 1.165) is 41.0 Å². The van der Waals surface area contributed by atoms with Crippen LogP contribution in [0.1, 0.15) is 43.7 Å². The van der Waals surface area contributed by atoms with E-state index in [1.165, 1.54) is 6.42 Å². The van der Waals surface area contributed by atoms with E-state index in [-0.39, 0.29) is 17.4 Å². The summed E-state index contributed by atoms with van der Waals surface area (Å²) in [7, 11) is 1.63. The predicted octanol–water partition coefficient (Wildman–Crippen LogP) is 7.82. The lowest BCUT2D eigenvalue weighted by molar-refractivity contribution is -0.129. The third kappa shape index (κ3) is 6.13. The number of anilines is 1. The third-order valence-corrected chi connectivity index (χ3v) is 8.58. The van der Waals surface area contributed by atoms with Gasteiger partial charge in [-0.1, -0.05) is 79.5 Å². The van der Waals surface area contributed by atoms with Crippen LogP contribution in [-0.2, 0) is 11.4 Å². The van der Waals surface area contributed by atoms with Crippen LogP contribution >= 0.6 is 23.4 Å². The number of amides is 1. The summed E-state index contributed by atoms with van der Waals surface area (Å²) < 4.78 is 11.6. The highest BCUT2D eigenvalue weighted by atomic mass is 35.5. The molecule has 7 heteroatoms. The molecule has 5 nitrogen and oxygen atoms in total. The fourth-order valence-corrected chi connectivity index (χ4v) is 6.49. The molecule has 0 radical (unpaired) electrons. The summed E-state index contributed by atoms with van der Waals surface area (Å²) in [4.78, 5) is 16.6. The molecule has 0 aromatic heterocycles. The second kappa shape index (κ2) is 12.2. The first-order valence-corrected chi connectivity index (χ1v) is 14.4. The van der Waals surface area contributed by atoms with Gasteiger partial charge in [0.25, 0.3) is 5.91 Å². The molecule has 1 aliphatic carbocycles. The summed E-state index contributed by atoms with van der Waals surface area (Å²) in [6.07, 6.45) is 6.56. The molecule has 2 fully saturated rings. The highest BCUT2D eigenvalue weighted by Gasteiger charge is 2.42. The van der Waals surface area contributed by atoms with Gasteiger partial charge < -0.3 is 19.7 Å². The van der Waals surface area contributed by atoms with Crippen LogP contribution in [0.3, 0.4) is 0 Å². The standard InChI is InChI=1S/C31H33ClN2O3S/c1-21-8-6-7-11-26(21)34-30(35)29(38-31(34)33-25-9-4-3-5-10-25)19-23-14-17-27(28(18-23)36-2)37-20-22-12-15-24(32)16-13-22/h3-5,9-10,12-19,21,26,31,33H,6-8,11,20H2,1-2H3/b29-19-/t21-,26-,31?/m1/s1. The Bertz CT molecular complexity index is 1280. The number of carbonyl (C=O) groups is 1. The van der Waals surface area contributed by atoms with Crippen molar-refractivity contribution in [2.75, 3.05) is 12.4 Å². The van der Waals surface area contributed by atoms with Crippen LogP contribution in [0, 0.1) is 5.92 Å². The molecule has 0 spiro atoms. The number of methoxy groups -OCH3 is 1. The lowest BCUT2D eigenvalue weighted by atomic mass is 9.85. The molecular weight excluding hydrogens is 516 g/mol. The normalized spacial score (nSPS) is 22.5. The Kier molecular flexibility index (Phi) is 8.50. The number of hydrogen-bond donors (Lipinski definition) is 1. The topological polar surface area (TPSA) is 50.8 Å². The van der Waals surface area contributed by atoms with E-state index >= 15 is 0 Å². The first-order valence-electron chi connectivity index (χ1n) is 13.1. The Morgan fingerprint density at radius 3 is 2.53 bits per heavy atom. The molecule has 1 amide bonds. The molecule has 2 aliphatic rings. The Morgan fingerprint density at radius 2 is 1.79 bits per heavy atom. The fourth-order valence-electron chi connectivity index (χ4n) is 5.15. The molecule has 3 atom stereocenters. The number of carbonyl (C=O) groups excluding carboxylic acids is 1. The minimum absolute atomic E-state index is 0.0872. The van der Waals surface area contributed by atoms with Crippen molar-refractivity contribution in [3.05, 3.63) is 93.9 Å². The summed E-state index contributed by atoms with van der Waals surface area (Å²) >= 11 is 7.57. The maximum Gasteiger partial charge on any atom is 0.262 e. The number of nitrogens with zero attached hydrogens (tertiary/aromatic N) is 1. The quantitative estimate of drug-likeness (QED) is 0.291. The van der Waals surface area contributed by atoms with Gasteiger partial charge in [0.15, 0.2) is 17.0 Å². The molecule has 1 saturated heterocycles. The molecule has 3 aromatic carbocycles. The van der Waals surface area contributed by atoms with Gasteiger partial charge in [-0.15, -0.1) is 0 Å². The van der Waals surface area contributed by atoms with Crippen LogP contribution < -0.4 is 14.8 Å². The lowest BCUT2D eigenvalue weighted by Gasteiger charge is -2.39. The van der Waals surface area contributed by atoms with Crippen LogP contribution in [0.25, 0.3) is 6.08 Å². The Hall–Kier alpha value is -3.09. The minimum Gasteiger partial charge on any atom is -0.493 e. The number of hydrogen-bond acceptors (Lipinski definition) is 5. The molecule has 5 rings (SSSR count). The van der Waals surface area contributed by atoms with Gasteiger partial charge >= 0.3 is 0 Å². The number of rotatable bonds is 8. The molecule has 38 heavy (non-hydrogen) atoms. The van der Waals surface area contributed by atoms with Crippen LogP contribution in [0.2, 0.25) is 5.02 Å². The molecule has 1 heterocycles. The summed E-state index contributed by atoms with van der Waals surface area (Å²) in [5, 5.41) is 4.29. The number of ether oxygens (including phenoxy) is 2. The Labute approximate surface area is 234 Å². The maximum atomic E-state index is 13.8. The van der Waals surface area contributed by atoms with Crippen LogP contribution in [-0.4, -0.2) is 29.5 Å². The van der Waals surface area contributed by atoms with Crippen molar-refractivity contribution in [1.82, 2.24) is 4.90 Å². The lowest BCUT2D eigenvalue weighted by Crippen LogP contribution is -2.48. The van der Waals surface area contributed by atoms with E-state index in [2.05, 4.69) is 17.1 Å². The summed E-state index contributed by atoms with van der Waals surface area (Å²) in [6, 6.07) is 23.7. The van der Waals surface area contributed by atoms with Gasteiger partial charge in [0, 0.05) is 16.8 Å². The van der Waals surface area contributed by atoms with Gasteiger partial charge in [-0.25, -0.2) is 0 Å². The highest BCUT2D eigenvalue weighted by molar-refractivity contribution is 8.05. The Morgan fingerprint density at radius 1 is 1.03 bits per heavy atom. The second-order valence-corrected chi connectivity index (χ2v) is 11.4. The molecule has 198 valence electrons. The van der Waals surface area contributed by atoms with Crippen molar-refractivity contribution in [2.24, 2.45) is 5.92 Å². The zero-order valence-electron chi connectivity index (χ0n) is 21.7. The zero-order valence-corrected chi connectivity index (χ0v) is 23.3. The fraction of sp³-hybridized carbons (Fsp3) is 0.323. The summed E-state index contributed by atoms with van der Waals surface area (Å²) in [5.41, 5.74) is 2.78. The van der Waals surface area contributed by atoms with E-state index in [9.17, 15) is 4.79 Å². The number of nitrogens with one attached hydrogen (secondary N) is 1.